The van der Waals surface area contributed by atoms with Gasteiger partial charge in [0.15, 0.2) is 12.2 Å². The Morgan fingerprint density at radius 1 is 0.696 bits per heavy atom. The lowest BCUT2D eigenvalue weighted by Gasteiger charge is -2.18. The number of rotatable bonds is 2. The summed E-state index contributed by atoms with van der Waals surface area (Å²) < 4.78 is 18.1. The molecular formula is C18H20N2O2P+. The van der Waals surface area contributed by atoms with Gasteiger partial charge in [-0.15, -0.1) is 9.34 Å². The minimum atomic E-state index is -2.05. The van der Waals surface area contributed by atoms with Crippen molar-refractivity contribution in [1.29, 1.82) is 0 Å². The maximum atomic E-state index is 6.58. The summed E-state index contributed by atoms with van der Waals surface area (Å²) in [6, 6.07) is 21.0. The van der Waals surface area contributed by atoms with Crippen LogP contribution in [0.1, 0.15) is 23.3 Å². The molecule has 3 aliphatic rings. The van der Waals surface area contributed by atoms with Crippen molar-refractivity contribution in [3.8, 4) is 0 Å². The molecule has 2 aromatic rings. The third-order valence-corrected chi connectivity index (χ3v) is 8.17. The first-order valence-electron chi connectivity index (χ1n) is 8.22. The molecule has 5 rings (SSSR count). The van der Waals surface area contributed by atoms with Crippen LogP contribution in [-0.4, -0.2) is 35.5 Å². The first kappa shape index (κ1) is 14.1. The Morgan fingerprint density at radius 2 is 1.13 bits per heavy atom. The van der Waals surface area contributed by atoms with Crippen molar-refractivity contribution in [3.05, 3.63) is 71.8 Å². The molecule has 0 aliphatic carbocycles. The second kappa shape index (κ2) is 5.37. The van der Waals surface area contributed by atoms with Gasteiger partial charge in [0.1, 0.15) is 0 Å². The van der Waals surface area contributed by atoms with Gasteiger partial charge in [0, 0.05) is 0 Å². The molecule has 2 atom stereocenters. The molecule has 3 fully saturated rings. The molecule has 0 bridgehead atoms. The summed E-state index contributed by atoms with van der Waals surface area (Å²) in [6.07, 6.45) is 0.253. The molecule has 118 valence electrons. The van der Waals surface area contributed by atoms with E-state index in [0.29, 0.717) is 0 Å². The van der Waals surface area contributed by atoms with E-state index in [1.165, 1.54) is 11.1 Å². The normalized spacial score (nSPS) is 29.6. The largest absolute Gasteiger partial charge is 0.437 e. The number of nitrogens with zero attached hydrogens (tertiary/aromatic N) is 2. The topological polar surface area (TPSA) is 24.9 Å². The van der Waals surface area contributed by atoms with Crippen LogP contribution in [0.15, 0.2) is 60.7 Å². The Balaban J connectivity index is 1.43. The molecule has 3 aliphatic heterocycles. The quantitative estimate of drug-likeness (QED) is 0.783. The number of benzene rings is 2. The summed E-state index contributed by atoms with van der Waals surface area (Å²) in [5, 5.41) is 0. The molecule has 2 aromatic carbocycles. The van der Waals surface area contributed by atoms with Crippen LogP contribution in [0.5, 0.6) is 0 Å². The lowest BCUT2D eigenvalue weighted by atomic mass is 10.1. The molecule has 5 heteroatoms. The van der Waals surface area contributed by atoms with Crippen LogP contribution in [0, 0.1) is 0 Å². The first-order chi connectivity index (χ1) is 11.4. The zero-order valence-corrected chi connectivity index (χ0v) is 13.8. The van der Waals surface area contributed by atoms with Crippen molar-refractivity contribution in [2.45, 2.75) is 12.2 Å². The van der Waals surface area contributed by atoms with Crippen molar-refractivity contribution in [2.24, 2.45) is 0 Å². The van der Waals surface area contributed by atoms with Gasteiger partial charge in [-0.1, -0.05) is 60.7 Å². The highest BCUT2D eigenvalue weighted by Gasteiger charge is 2.72. The van der Waals surface area contributed by atoms with E-state index >= 15 is 0 Å². The second-order valence-corrected chi connectivity index (χ2v) is 8.86. The van der Waals surface area contributed by atoms with Crippen LogP contribution in [-0.2, 0) is 9.05 Å². The summed E-state index contributed by atoms with van der Waals surface area (Å²) in [5.41, 5.74) is 2.51. The Hall–Kier alpha value is -1.29. The van der Waals surface area contributed by atoms with Gasteiger partial charge >= 0.3 is 8.02 Å². The fourth-order valence-electron chi connectivity index (χ4n) is 3.79. The molecule has 0 radical (unpaired) electrons. The molecular weight excluding hydrogens is 307 g/mol. The third-order valence-electron chi connectivity index (χ3n) is 4.96. The van der Waals surface area contributed by atoms with Gasteiger partial charge in [0.25, 0.3) is 0 Å². The van der Waals surface area contributed by atoms with Crippen molar-refractivity contribution >= 4 is 8.02 Å². The molecule has 23 heavy (non-hydrogen) atoms. The monoisotopic (exact) mass is 327 g/mol. The van der Waals surface area contributed by atoms with Gasteiger partial charge in [-0.25, -0.2) is 0 Å². The molecule has 0 saturated carbocycles. The van der Waals surface area contributed by atoms with Crippen LogP contribution in [0.3, 0.4) is 0 Å². The fourth-order valence-corrected chi connectivity index (χ4v) is 7.17. The van der Waals surface area contributed by atoms with E-state index in [9.17, 15) is 0 Å². The smallest absolute Gasteiger partial charge is 0.162 e. The van der Waals surface area contributed by atoms with E-state index < -0.39 is 8.02 Å². The van der Waals surface area contributed by atoms with Crippen LogP contribution in [0.4, 0.5) is 0 Å². The summed E-state index contributed by atoms with van der Waals surface area (Å²) in [4.78, 5) is 0. The lowest BCUT2D eigenvalue weighted by molar-refractivity contribution is 0.182. The zero-order chi connectivity index (χ0) is 15.3. The van der Waals surface area contributed by atoms with Crippen LogP contribution in [0.2, 0.25) is 0 Å². The summed E-state index contributed by atoms with van der Waals surface area (Å²) in [5.74, 6) is 0. The maximum absolute atomic E-state index is 6.58. The standard InChI is InChI=1S/C18H20N2O2P/c1-3-7-15(8-4-1)17-13-19-11-12-20-14-18(22-23(19,20)21-17)16-9-5-2-6-10-16/h1-10,17-18H,11-14H2/q+1/t17-,18-,23?/m0/s1. The molecule has 4 nitrogen and oxygen atoms in total. The SMILES string of the molecule is c1ccc([C@@H]2CN3CCN4C[C@@H](c5ccccc5)O[P+]34O2)cc1. The van der Waals surface area contributed by atoms with Crippen LogP contribution < -0.4 is 0 Å². The van der Waals surface area contributed by atoms with Gasteiger partial charge in [-0.2, -0.15) is 9.05 Å². The Morgan fingerprint density at radius 3 is 1.57 bits per heavy atom. The maximum Gasteiger partial charge on any atom is 0.437 e. The molecule has 0 aromatic heterocycles. The first-order valence-corrected chi connectivity index (χ1v) is 9.75. The molecule has 0 N–H and O–H groups in total. The van der Waals surface area contributed by atoms with Crippen molar-refractivity contribution in [1.82, 2.24) is 9.34 Å². The second-order valence-electron chi connectivity index (χ2n) is 6.33. The van der Waals surface area contributed by atoms with E-state index in [-0.39, 0.29) is 12.2 Å². The number of hydrogen-bond donors (Lipinski definition) is 0. The average molecular weight is 327 g/mol. The number of hydrogen-bond acceptors (Lipinski definition) is 4. The highest BCUT2D eigenvalue weighted by molar-refractivity contribution is 7.62. The molecule has 1 spiro atoms. The van der Waals surface area contributed by atoms with E-state index in [2.05, 4.69) is 70.0 Å². The van der Waals surface area contributed by atoms with Crippen molar-refractivity contribution in [3.63, 3.8) is 0 Å². The van der Waals surface area contributed by atoms with Crippen LogP contribution in [0.25, 0.3) is 0 Å². The predicted molar refractivity (Wildman–Crippen MR) is 90.6 cm³/mol. The lowest BCUT2D eigenvalue weighted by Crippen LogP contribution is -2.19. The third kappa shape index (κ3) is 2.18. The fraction of sp³-hybridized carbons (Fsp3) is 0.333. The molecule has 0 amide bonds. The Kier molecular flexibility index (Phi) is 3.29. The minimum Gasteiger partial charge on any atom is -0.162 e. The van der Waals surface area contributed by atoms with Crippen molar-refractivity contribution < 1.29 is 9.05 Å². The Labute approximate surface area is 137 Å². The van der Waals surface area contributed by atoms with Gasteiger partial charge in [-0.05, 0) is 11.1 Å². The van der Waals surface area contributed by atoms with Gasteiger partial charge in [0.2, 0.25) is 0 Å². The highest BCUT2D eigenvalue weighted by Crippen LogP contribution is 2.79. The van der Waals surface area contributed by atoms with Gasteiger partial charge in [-0.3, -0.25) is 0 Å². The van der Waals surface area contributed by atoms with E-state index in [4.69, 9.17) is 9.05 Å². The summed E-state index contributed by atoms with van der Waals surface area (Å²) in [6.45, 7) is 3.99. The molecule has 3 heterocycles. The van der Waals surface area contributed by atoms with Crippen LogP contribution >= 0.6 is 8.02 Å². The zero-order valence-electron chi connectivity index (χ0n) is 12.9. The minimum absolute atomic E-state index is 0.127. The summed E-state index contributed by atoms with van der Waals surface area (Å²) in [7, 11) is -2.05. The highest BCUT2D eigenvalue weighted by atomic mass is 31.2. The van der Waals surface area contributed by atoms with Gasteiger partial charge < -0.3 is 0 Å². The van der Waals surface area contributed by atoms with E-state index in [0.717, 1.165) is 26.2 Å². The Bertz CT molecular complexity index is 635. The van der Waals surface area contributed by atoms with E-state index in [1.807, 2.05) is 0 Å². The van der Waals surface area contributed by atoms with E-state index in [1.54, 1.807) is 0 Å². The average Bonchev–Trinajstić information content (AvgIpc) is 3.24. The molecule has 3 saturated heterocycles. The van der Waals surface area contributed by atoms with Gasteiger partial charge in [0.05, 0.1) is 26.2 Å². The predicted octanol–water partition coefficient (Wildman–Crippen LogP) is 3.82. The molecule has 0 unspecified atom stereocenters. The van der Waals surface area contributed by atoms with Crippen molar-refractivity contribution in [2.75, 3.05) is 26.2 Å². The summed E-state index contributed by atoms with van der Waals surface area (Å²) >= 11 is 0.